The van der Waals surface area contributed by atoms with Crippen LogP contribution in [0.15, 0.2) is 36.4 Å². The van der Waals surface area contributed by atoms with Crippen LogP contribution in [0.4, 0.5) is 5.69 Å². The maximum Gasteiger partial charge on any atom is 0.0403 e. The fraction of sp³-hybridized carbons (Fsp3) is 0.538. The number of nitrogens with one attached hydrogen (secondary N) is 1. The molecule has 2 aliphatic rings. The molecule has 0 saturated heterocycles. The van der Waals surface area contributed by atoms with Crippen LogP contribution >= 0.6 is 0 Å². The van der Waals surface area contributed by atoms with Crippen molar-refractivity contribution in [2.75, 3.05) is 5.32 Å². The van der Waals surface area contributed by atoms with Crippen molar-refractivity contribution in [3.8, 4) is 0 Å². The molecule has 0 radical (unpaired) electrons. The van der Waals surface area contributed by atoms with Gasteiger partial charge < -0.3 is 5.32 Å². The second kappa shape index (κ2) is 6.12. The van der Waals surface area contributed by atoms with E-state index in [1.165, 1.54) is 48.1 Å². The molecule has 1 N–H and O–H groups in total. The summed E-state index contributed by atoms with van der Waals surface area (Å²) in [6.45, 7) is 15.2. The first-order valence-corrected chi connectivity index (χ1v) is 10.6. The highest BCUT2D eigenvalue weighted by Crippen LogP contribution is 2.48. The third-order valence-electron chi connectivity index (χ3n) is 7.37. The van der Waals surface area contributed by atoms with Crippen molar-refractivity contribution in [2.24, 2.45) is 0 Å². The van der Waals surface area contributed by atoms with E-state index in [9.17, 15) is 0 Å². The van der Waals surface area contributed by atoms with Gasteiger partial charge in [-0.3, -0.25) is 0 Å². The lowest BCUT2D eigenvalue weighted by Crippen LogP contribution is -2.34. The average Bonchev–Trinajstić information content (AvgIpc) is 3.37. The van der Waals surface area contributed by atoms with Gasteiger partial charge in [-0.05, 0) is 88.8 Å². The van der Waals surface area contributed by atoms with Crippen LogP contribution in [0.25, 0.3) is 0 Å². The fourth-order valence-corrected chi connectivity index (χ4v) is 4.62. The van der Waals surface area contributed by atoms with E-state index in [2.05, 4.69) is 83.3 Å². The van der Waals surface area contributed by atoms with Crippen molar-refractivity contribution >= 4 is 5.69 Å². The van der Waals surface area contributed by atoms with Gasteiger partial charge >= 0.3 is 0 Å². The van der Waals surface area contributed by atoms with Crippen LogP contribution in [-0.4, -0.2) is 0 Å². The normalized spacial score (nSPS) is 21.4. The van der Waals surface area contributed by atoms with Gasteiger partial charge in [0.05, 0.1) is 0 Å². The van der Waals surface area contributed by atoms with Crippen LogP contribution in [0.3, 0.4) is 0 Å². The molecule has 0 aromatic heterocycles. The highest BCUT2D eigenvalue weighted by molar-refractivity contribution is 5.50. The first kappa shape index (κ1) is 18.6. The molecule has 0 amide bonds. The largest absolute Gasteiger partial charge is 0.381 e. The summed E-state index contributed by atoms with van der Waals surface area (Å²) in [7, 11) is 0. The fourth-order valence-electron chi connectivity index (χ4n) is 4.62. The molecule has 0 heterocycles. The van der Waals surface area contributed by atoms with E-state index in [0.717, 1.165) is 6.54 Å². The zero-order chi connectivity index (χ0) is 19.4. The van der Waals surface area contributed by atoms with E-state index in [4.69, 9.17) is 0 Å². The number of aryl methyl sites for hydroxylation is 1. The van der Waals surface area contributed by atoms with Crippen LogP contribution in [0.5, 0.6) is 0 Å². The number of benzene rings is 2. The molecule has 2 aromatic rings. The number of hydrogen-bond donors (Lipinski definition) is 1. The Kier molecular flexibility index (Phi) is 4.22. The molecule has 0 bridgehead atoms. The molecule has 0 spiro atoms. The highest BCUT2D eigenvalue weighted by atomic mass is 14.9. The van der Waals surface area contributed by atoms with Crippen molar-refractivity contribution in [1.29, 1.82) is 0 Å². The molecular weight excluding hydrogens is 326 g/mol. The zero-order valence-corrected chi connectivity index (χ0v) is 18.0. The predicted octanol–water partition coefficient (Wildman–Crippen LogP) is 7.01. The van der Waals surface area contributed by atoms with E-state index in [-0.39, 0.29) is 10.8 Å². The number of anilines is 1. The monoisotopic (exact) mass is 361 g/mol. The van der Waals surface area contributed by atoms with Gasteiger partial charge in [0.1, 0.15) is 0 Å². The van der Waals surface area contributed by atoms with Gasteiger partial charge in [0.25, 0.3) is 0 Å². The quantitative estimate of drug-likeness (QED) is 0.617. The third kappa shape index (κ3) is 3.42. The molecule has 0 aliphatic heterocycles. The van der Waals surface area contributed by atoms with Crippen LogP contribution < -0.4 is 5.32 Å². The molecule has 2 aliphatic carbocycles. The third-order valence-corrected chi connectivity index (χ3v) is 7.37. The average molecular weight is 362 g/mol. The highest BCUT2D eigenvalue weighted by Gasteiger charge is 2.39. The van der Waals surface area contributed by atoms with Gasteiger partial charge in [-0.15, -0.1) is 0 Å². The van der Waals surface area contributed by atoms with Crippen molar-refractivity contribution in [3.05, 3.63) is 64.2 Å². The van der Waals surface area contributed by atoms with Crippen LogP contribution in [0.1, 0.15) is 88.1 Å². The lowest BCUT2D eigenvalue weighted by Gasteiger charge is -2.42. The van der Waals surface area contributed by atoms with Crippen molar-refractivity contribution in [2.45, 2.75) is 90.0 Å². The van der Waals surface area contributed by atoms with Gasteiger partial charge in [-0.2, -0.15) is 0 Å². The summed E-state index contributed by atoms with van der Waals surface area (Å²) >= 11 is 0. The van der Waals surface area contributed by atoms with Crippen molar-refractivity contribution in [3.63, 3.8) is 0 Å². The summed E-state index contributed by atoms with van der Waals surface area (Å²) < 4.78 is 0. The van der Waals surface area contributed by atoms with Gasteiger partial charge in [-0.25, -0.2) is 0 Å². The van der Waals surface area contributed by atoms with Crippen molar-refractivity contribution in [1.82, 2.24) is 0 Å². The first-order chi connectivity index (χ1) is 12.6. The molecule has 27 heavy (non-hydrogen) atoms. The number of rotatable bonds is 4. The van der Waals surface area contributed by atoms with Crippen LogP contribution in [-0.2, 0) is 22.8 Å². The second-order valence-corrected chi connectivity index (χ2v) is 10.6. The Labute approximate surface area is 165 Å². The maximum absolute atomic E-state index is 3.66. The van der Waals surface area contributed by atoms with E-state index >= 15 is 0 Å². The SMILES string of the molecule is Cc1cc2c(cc1CNc1ccc(C3(C)CC3)cc1)C(C)(C)CCC2(C)C. The summed E-state index contributed by atoms with van der Waals surface area (Å²) in [6, 6.07) is 14.1. The Morgan fingerprint density at radius 2 is 1.33 bits per heavy atom. The summed E-state index contributed by atoms with van der Waals surface area (Å²) in [5.74, 6) is 0. The van der Waals surface area contributed by atoms with E-state index in [1.807, 2.05) is 0 Å². The molecule has 0 atom stereocenters. The van der Waals surface area contributed by atoms with Crippen LogP contribution in [0, 0.1) is 6.92 Å². The smallest absolute Gasteiger partial charge is 0.0403 e. The summed E-state index contributed by atoms with van der Waals surface area (Å²) in [4.78, 5) is 0. The standard InChI is InChI=1S/C26H35N/c1-18-15-22-23(25(4,5)12-11-24(22,2)3)16-19(18)17-27-21-9-7-20(8-10-21)26(6)13-14-26/h7-10,15-16,27H,11-14,17H2,1-6H3. The van der Waals surface area contributed by atoms with E-state index < -0.39 is 0 Å². The van der Waals surface area contributed by atoms with Gasteiger partial charge in [0.2, 0.25) is 0 Å². The summed E-state index contributed by atoms with van der Waals surface area (Å²) in [5, 5.41) is 3.66. The van der Waals surface area contributed by atoms with E-state index in [1.54, 1.807) is 11.1 Å². The minimum atomic E-state index is 0.272. The molecule has 1 fully saturated rings. The van der Waals surface area contributed by atoms with Gasteiger partial charge in [-0.1, -0.05) is 58.9 Å². The van der Waals surface area contributed by atoms with Crippen LogP contribution in [0.2, 0.25) is 0 Å². The Morgan fingerprint density at radius 3 is 1.89 bits per heavy atom. The Hall–Kier alpha value is -1.76. The molecule has 1 nitrogen and oxygen atoms in total. The Morgan fingerprint density at radius 1 is 0.778 bits per heavy atom. The molecule has 1 saturated carbocycles. The molecule has 144 valence electrons. The van der Waals surface area contributed by atoms with Gasteiger partial charge in [0, 0.05) is 12.2 Å². The molecule has 0 unspecified atom stereocenters. The Balaban J connectivity index is 1.56. The first-order valence-electron chi connectivity index (χ1n) is 10.6. The second-order valence-electron chi connectivity index (χ2n) is 10.6. The minimum absolute atomic E-state index is 0.272. The Bertz CT molecular complexity index is 851. The zero-order valence-electron chi connectivity index (χ0n) is 18.0. The molecule has 2 aromatic carbocycles. The lowest BCUT2D eigenvalue weighted by atomic mass is 9.62. The minimum Gasteiger partial charge on any atom is -0.381 e. The summed E-state index contributed by atoms with van der Waals surface area (Å²) in [6.07, 6.45) is 5.21. The maximum atomic E-state index is 3.66. The molecule has 1 heteroatoms. The van der Waals surface area contributed by atoms with E-state index in [0.29, 0.717) is 5.41 Å². The molecular formula is C26H35N. The van der Waals surface area contributed by atoms with Crippen molar-refractivity contribution < 1.29 is 0 Å². The predicted molar refractivity (Wildman–Crippen MR) is 117 cm³/mol. The lowest BCUT2D eigenvalue weighted by molar-refractivity contribution is 0.331. The number of fused-ring (bicyclic) bond motifs is 1. The molecule has 4 rings (SSSR count). The topological polar surface area (TPSA) is 12.0 Å². The summed E-state index contributed by atoms with van der Waals surface area (Å²) in [5.41, 5.74) is 9.67. The van der Waals surface area contributed by atoms with Gasteiger partial charge in [0.15, 0.2) is 0 Å². The number of hydrogen-bond acceptors (Lipinski definition) is 1.